The molecule has 2 aromatic rings. The zero-order valence-corrected chi connectivity index (χ0v) is 16.1. The molecule has 3 rings (SSSR count). The van der Waals surface area contributed by atoms with Crippen molar-refractivity contribution in [1.29, 1.82) is 0 Å². The van der Waals surface area contributed by atoms with Crippen molar-refractivity contribution in [1.82, 2.24) is 4.90 Å². The molecule has 1 aliphatic heterocycles. The Bertz CT molecular complexity index is 710. The van der Waals surface area contributed by atoms with E-state index < -0.39 is 0 Å². The molecule has 0 radical (unpaired) electrons. The Labute approximate surface area is 161 Å². The quantitative estimate of drug-likeness (QED) is 0.717. The number of hydrogen-bond acceptors (Lipinski definition) is 4. The lowest BCUT2D eigenvalue weighted by Crippen LogP contribution is -2.39. The average molecular weight is 368 g/mol. The van der Waals surface area contributed by atoms with Crippen LogP contribution < -0.4 is 9.64 Å². The second kappa shape index (κ2) is 9.42. The number of ether oxygens (including phenoxy) is 2. The molecule has 0 saturated carbocycles. The zero-order chi connectivity index (χ0) is 19.1. The van der Waals surface area contributed by atoms with Crippen LogP contribution in [0.4, 0.5) is 5.69 Å². The molecule has 2 aromatic carbocycles. The third-order valence-electron chi connectivity index (χ3n) is 4.73. The van der Waals surface area contributed by atoms with Gasteiger partial charge >= 0.3 is 0 Å². The van der Waals surface area contributed by atoms with E-state index in [0.717, 1.165) is 30.7 Å². The molecular formula is C22H28N2O3. The van der Waals surface area contributed by atoms with Crippen LogP contribution in [0.25, 0.3) is 0 Å². The highest BCUT2D eigenvalue weighted by Crippen LogP contribution is 2.18. The van der Waals surface area contributed by atoms with Crippen LogP contribution in [0.5, 0.6) is 5.75 Å². The lowest BCUT2D eigenvalue weighted by atomic mass is 10.1. The van der Waals surface area contributed by atoms with Crippen molar-refractivity contribution >= 4 is 11.6 Å². The monoisotopic (exact) mass is 368 g/mol. The summed E-state index contributed by atoms with van der Waals surface area (Å²) in [5, 5.41) is 0. The van der Waals surface area contributed by atoms with E-state index in [1.807, 2.05) is 49.3 Å². The summed E-state index contributed by atoms with van der Waals surface area (Å²) in [5.41, 5.74) is 2.25. The number of benzene rings is 2. The summed E-state index contributed by atoms with van der Waals surface area (Å²) in [5.74, 6) is 0.685. The highest BCUT2D eigenvalue weighted by molar-refractivity contribution is 5.77. The molecule has 1 fully saturated rings. The van der Waals surface area contributed by atoms with E-state index in [2.05, 4.69) is 29.2 Å². The standard InChI is InChI=1S/C22H28N2O3/c1-23(2)19-12-10-18(11-13-19)15-24(16-21-9-6-14-26-21)22(25)17-27-20-7-4-3-5-8-20/h3-5,7-8,10-13,21H,6,9,14-17H2,1-2H3/t21-/m1/s1. The van der Waals surface area contributed by atoms with Crippen LogP contribution in [0.3, 0.4) is 0 Å². The molecule has 0 aliphatic carbocycles. The van der Waals surface area contributed by atoms with Crippen LogP contribution in [-0.2, 0) is 16.1 Å². The maximum absolute atomic E-state index is 12.8. The molecule has 144 valence electrons. The molecule has 1 atom stereocenters. The highest BCUT2D eigenvalue weighted by atomic mass is 16.5. The van der Waals surface area contributed by atoms with Crippen molar-refractivity contribution in [2.75, 3.05) is 38.8 Å². The van der Waals surface area contributed by atoms with Crippen molar-refractivity contribution in [2.24, 2.45) is 0 Å². The number of carbonyl (C=O) groups excluding carboxylic acids is 1. The van der Waals surface area contributed by atoms with Gasteiger partial charge in [-0.25, -0.2) is 0 Å². The van der Waals surface area contributed by atoms with Crippen LogP contribution in [0.2, 0.25) is 0 Å². The Balaban J connectivity index is 1.64. The molecule has 5 heteroatoms. The number of carbonyl (C=O) groups is 1. The van der Waals surface area contributed by atoms with E-state index >= 15 is 0 Å². The fourth-order valence-electron chi connectivity index (χ4n) is 3.16. The fourth-order valence-corrected chi connectivity index (χ4v) is 3.16. The van der Waals surface area contributed by atoms with Gasteiger partial charge in [-0.3, -0.25) is 4.79 Å². The van der Waals surface area contributed by atoms with Crippen molar-refractivity contribution in [3.8, 4) is 5.75 Å². The number of para-hydroxylation sites is 1. The summed E-state index contributed by atoms with van der Waals surface area (Å²) in [6, 6.07) is 17.7. The maximum Gasteiger partial charge on any atom is 0.260 e. The Morgan fingerprint density at radius 1 is 1.11 bits per heavy atom. The van der Waals surface area contributed by atoms with Gasteiger partial charge < -0.3 is 19.3 Å². The third kappa shape index (κ3) is 5.73. The minimum atomic E-state index is -0.0222. The molecule has 1 aliphatic rings. The molecule has 0 spiro atoms. The van der Waals surface area contributed by atoms with E-state index in [1.165, 1.54) is 0 Å². The molecule has 0 aromatic heterocycles. The lowest BCUT2D eigenvalue weighted by Gasteiger charge is -2.26. The zero-order valence-electron chi connectivity index (χ0n) is 16.1. The molecule has 0 N–H and O–H groups in total. The second-order valence-electron chi connectivity index (χ2n) is 7.07. The molecule has 27 heavy (non-hydrogen) atoms. The largest absolute Gasteiger partial charge is 0.484 e. The van der Waals surface area contributed by atoms with Gasteiger partial charge in [0.1, 0.15) is 5.75 Å². The van der Waals surface area contributed by atoms with Gasteiger partial charge in [-0.2, -0.15) is 0 Å². The normalized spacial score (nSPS) is 16.1. The fraction of sp³-hybridized carbons (Fsp3) is 0.409. The lowest BCUT2D eigenvalue weighted by molar-refractivity contribution is -0.135. The van der Waals surface area contributed by atoms with E-state index in [1.54, 1.807) is 0 Å². The average Bonchev–Trinajstić information content (AvgIpc) is 3.20. The minimum Gasteiger partial charge on any atom is -0.484 e. The maximum atomic E-state index is 12.8. The second-order valence-corrected chi connectivity index (χ2v) is 7.07. The van der Waals surface area contributed by atoms with Crippen molar-refractivity contribution in [3.63, 3.8) is 0 Å². The van der Waals surface area contributed by atoms with Gasteiger partial charge in [-0.05, 0) is 42.7 Å². The Kier molecular flexibility index (Phi) is 6.71. The summed E-state index contributed by atoms with van der Waals surface area (Å²) in [6.07, 6.45) is 2.18. The van der Waals surface area contributed by atoms with Gasteiger partial charge in [0.15, 0.2) is 6.61 Å². The first-order chi connectivity index (χ1) is 13.1. The summed E-state index contributed by atoms with van der Waals surface area (Å²) < 4.78 is 11.4. The topological polar surface area (TPSA) is 42.0 Å². The molecule has 0 unspecified atom stereocenters. The van der Waals surface area contributed by atoms with Gasteiger partial charge in [-0.15, -0.1) is 0 Å². The van der Waals surface area contributed by atoms with Crippen LogP contribution in [0, 0.1) is 0 Å². The van der Waals surface area contributed by atoms with Crippen LogP contribution in [0.1, 0.15) is 18.4 Å². The predicted molar refractivity (Wildman–Crippen MR) is 107 cm³/mol. The van der Waals surface area contributed by atoms with E-state index in [9.17, 15) is 4.79 Å². The smallest absolute Gasteiger partial charge is 0.260 e. The molecule has 1 amide bonds. The summed E-state index contributed by atoms with van der Waals surface area (Å²) in [7, 11) is 4.03. The van der Waals surface area contributed by atoms with Crippen LogP contribution in [-0.4, -0.2) is 50.8 Å². The van der Waals surface area contributed by atoms with E-state index in [-0.39, 0.29) is 18.6 Å². The van der Waals surface area contributed by atoms with Crippen molar-refractivity contribution in [3.05, 3.63) is 60.2 Å². The van der Waals surface area contributed by atoms with Gasteiger partial charge in [0, 0.05) is 39.5 Å². The first-order valence-electron chi connectivity index (χ1n) is 9.45. The molecule has 1 heterocycles. The van der Waals surface area contributed by atoms with Gasteiger partial charge in [0.2, 0.25) is 0 Å². The van der Waals surface area contributed by atoms with Gasteiger partial charge in [-0.1, -0.05) is 30.3 Å². The molecule has 1 saturated heterocycles. The Hall–Kier alpha value is -2.53. The number of amides is 1. The minimum absolute atomic E-state index is 0.0222. The summed E-state index contributed by atoms with van der Waals surface area (Å²) in [6.45, 7) is 1.98. The first-order valence-corrected chi connectivity index (χ1v) is 9.45. The van der Waals surface area contributed by atoms with E-state index in [0.29, 0.717) is 18.8 Å². The van der Waals surface area contributed by atoms with Crippen molar-refractivity contribution < 1.29 is 14.3 Å². The van der Waals surface area contributed by atoms with Crippen LogP contribution in [0.15, 0.2) is 54.6 Å². The molecular weight excluding hydrogens is 340 g/mol. The van der Waals surface area contributed by atoms with Gasteiger partial charge in [0.05, 0.1) is 6.10 Å². The summed E-state index contributed by atoms with van der Waals surface area (Å²) >= 11 is 0. The van der Waals surface area contributed by atoms with Crippen molar-refractivity contribution in [2.45, 2.75) is 25.5 Å². The summed E-state index contributed by atoms with van der Waals surface area (Å²) in [4.78, 5) is 16.7. The molecule has 0 bridgehead atoms. The first kappa shape index (κ1) is 19.2. The predicted octanol–water partition coefficient (Wildman–Crippen LogP) is 3.34. The Morgan fingerprint density at radius 2 is 1.85 bits per heavy atom. The number of nitrogens with zero attached hydrogens (tertiary/aromatic N) is 2. The number of hydrogen-bond donors (Lipinski definition) is 0. The van der Waals surface area contributed by atoms with Crippen LogP contribution >= 0.6 is 0 Å². The molecule has 5 nitrogen and oxygen atoms in total. The Morgan fingerprint density at radius 3 is 2.48 bits per heavy atom. The highest BCUT2D eigenvalue weighted by Gasteiger charge is 2.23. The van der Waals surface area contributed by atoms with Gasteiger partial charge in [0.25, 0.3) is 5.91 Å². The third-order valence-corrected chi connectivity index (χ3v) is 4.73. The van der Waals surface area contributed by atoms with E-state index in [4.69, 9.17) is 9.47 Å². The number of anilines is 1. The number of rotatable bonds is 8. The SMILES string of the molecule is CN(C)c1ccc(CN(C[C@H]2CCCO2)C(=O)COc2ccccc2)cc1.